The van der Waals surface area contributed by atoms with Gasteiger partial charge in [-0.15, -0.1) is 11.3 Å². The van der Waals surface area contributed by atoms with E-state index < -0.39 is 10.0 Å². The highest BCUT2D eigenvalue weighted by Crippen LogP contribution is 2.34. The van der Waals surface area contributed by atoms with Crippen LogP contribution in [0.4, 0.5) is 9.52 Å². The second kappa shape index (κ2) is 9.58. The average Bonchev–Trinajstić information content (AvgIpc) is 3.26. The molecule has 1 aliphatic rings. The molecule has 4 rings (SSSR count). The molecule has 2 atom stereocenters. The van der Waals surface area contributed by atoms with E-state index in [1.807, 2.05) is 0 Å². The van der Waals surface area contributed by atoms with Crippen LogP contribution in [0.5, 0.6) is 5.75 Å². The Bertz CT molecular complexity index is 1220. The van der Waals surface area contributed by atoms with Gasteiger partial charge in [-0.3, -0.25) is 4.72 Å². The lowest BCUT2D eigenvalue weighted by atomic mass is 9.81. The minimum atomic E-state index is -3.82. The molecule has 0 amide bonds. The van der Waals surface area contributed by atoms with E-state index in [1.54, 1.807) is 17.5 Å². The molecule has 0 spiro atoms. The number of nitrogens with one attached hydrogen (secondary N) is 1. The van der Waals surface area contributed by atoms with Gasteiger partial charge in [-0.25, -0.2) is 17.8 Å². The number of aromatic nitrogens is 1. The number of anilines is 1. The smallest absolute Gasteiger partial charge is 0.263 e. The van der Waals surface area contributed by atoms with Gasteiger partial charge in [-0.05, 0) is 54.3 Å². The Hall–Kier alpha value is -2.46. The SMILES string of the molecule is NC1CCC=C(c2ccc(F)cc2)C1COc1ccc(S(=O)(=O)Nc2nccs2)cc1Cl. The van der Waals surface area contributed by atoms with Crippen LogP contribution < -0.4 is 15.2 Å². The largest absolute Gasteiger partial charge is 0.491 e. The van der Waals surface area contributed by atoms with E-state index in [0.717, 1.165) is 24.0 Å². The maximum atomic E-state index is 13.3. The van der Waals surface area contributed by atoms with E-state index in [2.05, 4.69) is 15.8 Å². The molecule has 0 saturated carbocycles. The Morgan fingerprint density at radius 1 is 1.25 bits per heavy atom. The van der Waals surface area contributed by atoms with Crippen LogP contribution in [0.1, 0.15) is 18.4 Å². The Kier molecular flexibility index (Phi) is 6.80. The summed E-state index contributed by atoms with van der Waals surface area (Å²) in [7, 11) is -3.82. The first-order valence-electron chi connectivity index (χ1n) is 9.90. The second-order valence-corrected chi connectivity index (χ2v) is 10.3. The molecule has 1 aromatic heterocycles. The van der Waals surface area contributed by atoms with Gasteiger partial charge in [0.15, 0.2) is 5.13 Å². The standard InChI is InChI=1S/C22H21ClFN3O3S2/c23-19-12-16(32(28,29)27-22-26-10-11-31-22)8-9-21(19)30-13-18-17(2-1-3-20(18)25)14-4-6-15(24)7-5-14/h2,4-12,18,20H,1,3,13,25H2,(H,26,27). The zero-order valence-corrected chi connectivity index (χ0v) is 19.3. The molecule has 6 nitrogen and oxygen atoms in total. The summed E-state index contributed by atoms with van der Waals surface area (Å²) >= 11 is 7.50. The van der Waals surface area contributed by atoms with Crippen molar-refractivity contribution in [2.75, 3.05) is 11.3 Å². The molecule has 32 heavy (non-hydrogen) atoms. The third-order valence-electron chi connectivity index (χ3n) is 5.24. The maximum Gasteiger partial charge on any atom is 0.263 e. The van der Waals surface area contributed by atoms with Crippen molar-refractivity contribution in [3.63, 3.8) is 0 Å². The summed E-state index contributed by atoms with van der Waals surface area (Å²) < 4.78 is 46.8. The summed E-state index contributed by atoms with van der Waals surface area (Å²) in [5, 5.41) is 2.11. The number of hydrogen-bond donors (Lipinski definition) is 2. The Morgan fingerprint density at radius 2 is 2.03 bits per heavy atom. The van der Waals surface area contributed by atoms with Gasteiger partial charge in [0.1, 0.15) is 11.6 Å². The first-order chi connectivity index (χ1) is 15.3. The predicted molar refractivity (Wildman–Crippen MR) is 125 cm³/mol. The van der Waals surface area contributed by atoms with Crippen LogP contribution in [0.15, 0.2) is 65.0 Å². The second-order valence-electron chi connectivity index (χ2n) is 7.36. The Labute approximate surface area is 194 Å². The summed E-state index contributed by atoms with van der Waals surface area (Å²) in [6.07, 6.45) is 5.26. The maximum absolute atomic E-state index is 13.3. The minimum absolute atomic E-state index is 0.00585. The molecule has 2 unspecified atom stereocenters. The van der Waals surface area contributed by atoms with Crippen LogP contribution in [-0.2, 0) is 10.0 Å². The highest BCUT2D eigenvalue weighted by atomic mass is 35.5. The van der Waals surface area contributed by atoms with Gasteiger partial charge < -0.3 is 10.5 Å². The van der Waals surface area contributed by atoms with Gasteiger partial charge in [0, 0.05) is 23.5 Å². The predicted octanol–water partition coefficient (Wildman–Crippen LogP) is 4.94. The van der Waals surface area contributed by atoms with E-state index in [9.17, 15) is 12.8 Å². The van der Waals surface area contributed by atoms with E-state index in [4.69, 9.17) is 22.1 Å². The summed E-state index contributed by atoms with van der Waals surface area (Å²) in [4.78, 5) is 3.93. The highest BCUT2D eigenvalue weighted by molar-refractivity contribution is 7.93. The molecule has 3 aromatic rings. The lowest BCUT2D eigenvalue weighted by molar-refractivity contribution is 0.253. The minimum Gasteiger partial charge on any atom is -0.491 e. The zero-order chi connectivity index (χ0) is 22.7. The number of halogens is 2. The van der Waals surface area contributed by atoms with Gasteiger partial charge in [-0.1, -0.05) is 29.8 Å². The fourth-order valence-corrected chi connectivity index (χ4v) is 5.71. The molecular weight excluding hydrogens is 473 g/mol. The molecule has 2 aromatic carbocycles. The van der Waals surface area contributed by atoms with E-state index >= 15 is 0 Å². The molecule has 0 saturated heterocycles. The molecule has 168 valence electrons. The Balaban J connectivity index is 1.49. The molecule has 0 fully saturated rings. The summed E-state index contributed by atoms with van der Waals surface area (Å²) in [6.45, 7) is 0.257. The van der Waals surface area contributed by atoms with Crippen molar-refractivity contribution in [2.45, 2.75) is 23.8 Å². The van der Waals surface area contributed by atoms with Crippen LogP contribution in [-0.4, -0.2) is 26.1 Å². The van der Waals surface area contributed by atoms with Crippen LogP contribution in [0, 0.1) is 11.7 Å². The molecule has 0 aliphatic heterocycles. The molecule has 0 bridgehead atoms. The van der Waals surface area contributed by atoms with E-state index in [0.29, 0.717) is 5.75 Å². The van der Waals surface area contributed by atoms with Crippen molar-refractivity contribution >= 4 is 43.7 Å². The van der Waals surface area contributed by atoms with Crippen molar-refractivity contribution < 1.29 is 17.5 Å². The van der Waals surface area contributed by atoms with E-state index in [1.165, 1.54) is 47.9 Å². The van der Waals surface area contributed by atoms with Crippen molar-refractivity contribution in [3.05, 3.63) is 76.5 Å². The number of nitrogens with zero attached hydrogens (tertiary/aromatic N) is 1. The number of nitrogens with two attached hydrogens (primary N) is 1. The summed E-state index contributed by atoms with van der Waals surface area (Å²) in [5.41, 5.74) is 8.27. The van der Waals surface area contributed by atoms with Crippen molar-refractivity contribution in [1.29, 1.82) is 0 Å². The Morgan fingerprint density at radius 3 is 2.72 bits per heavy atom. The molecule has 1 aliphatic carbocycles. The first-order valence-corrected chi connectivity index (χ1v) is 12.6. The topological polar surface area (TPSA) is 94.3 Å². The number of rotatable bonds is 7. The summed E-state index contributed by atoms with van der Waals surface area (Å²) in [6, 6.07) is 10.5. The third kappa shape index (κ3) is 5.12. The number of ether oxygens (including phenoxy) is 1. The van der Waals surface area contributed by atoms with Crippen molar-refractivity contribution in [1.82, 2.24) is 4.98 Å². The van der Waals surface area contributed by atoms with Gasteiger partial charge in [0.2, 0.25) is 0 Å². The number of hydrogen-bond acceptors (Lipinski definition) is 6. The normalized spacial score (nSPS) is 18.8. The quantitative estimate of drug-likeness (QED) is 0.486. The molecule has 1 heterocycles. The highest BCUT2D eigenvalue weighted by Gasteiger charge is 2.27. The van der Waals surface area contributed by atoms with Crippen LogP contribution in [0.3, 0.4) is 0 Å². The number of thiazole rings is 1. The number of sulfonamides is 1. The number of allylic oxidation sites excluding steroid dienone is 1. The average molecular weight is 494 g/mol. The van der Waals surface area contributed by atoms with Gasteiger partial charge in [-0.2, -0.15) is 0 Å². The van der Waals surface area contributed by atoms with Gasteiger partial charge in [0.05, 0.1) is 16.5 Å². The van der Waals surface area contributed by atoms with Crippen LogP contribution >= 0.6 is 22.9 Å². The fraction of sp³-hybridized carbons (Fsp3) is 0.227. The lowest BCUT2D eigenvalue weighted by Gasteiger charge is -2.30. The van der Waals surface area contributed by atoms with Crippen molar-refractivity contribution in [3.8, 4) is 5.75 Å². The van der Waals surface area contributed by atoms with Gasteiger partial charge >= 0.3 is 0 Å². The number of benzene rings is 2. The monoisotopic (exact) mass is 493 g/mol. The molecule has 3 N–H and O–H groups in total. The molecular formula is C22H21ClFN3O3S2. The summed E-state index contributed by atoms with van der Waals surface area (Å²) in [5.74, 6) is -0.0511. The molecule has 0 radical (unpaired) electrons. The third-order valence-corrected chi connectivity index (χ3v) is 7.69. The zero-order valence-electron chi connectivity index (χ0n) is 16.9. The van der Waals surface area contributed by atoms with Gasteiger partial charge in [0.25, 0.3) is 10.0 Å². The lowest BCUT2D eigenvalue weighted by Crippen LogP contribution is -2.36. The molecule has 10 heteroatoms. The van der Waals surface area contributed by atoms with Crippen LogP contribution in [0.2, 0.25) is 5.02 Å². The van der Waals surface area contributed by atoms with Crippen LogP contribution in [0.25, 0.3) is 5.57 Å². The fourth-order valence-electron chi connectivity index (χ4n) is 3.60. The van der Waals surface area contributed by atoms with Crippen molar-refractivity contribution in [2.24, 2.45) is 11.7 Å². The first kappa shape index (κ1) is 22.7. The van der Waals surface area contributed by atoms with E-state index in [-0.39, 0.29) is 39.4 Å².